The number of hydrogen-bond donors (Lipinski definition) is 2. The van der Waals surface area contributed by atoms with Gasteiger partial charge in [-0.15, -0.1) is 0 Å². The highest BCUT2D eigenvalue weighted by molar-refractivity contribution is 4.98. The van der Waals surface area contributed by atoms with Crippen molar-refractivity contribution in [2.24, 2.45) is 5.92 Å². The van der Waals surface area contributed by atoms with E-state index in [0.717, 1.165) is 5.92 Å². The Morgan fingerprint density at radius 1 is 1.14 bits per heavy atom. The summed E-state index contributed by atoms with van der Waals surface area (Å²) in [6.07, 6.45) is 9.98. The van der Waals surface area contributed by atoms with Crippen LogP contribution in [0.3, 0.4) is 0 Å². The lowest BCUT2D eigenvalue weighted by atomic mass is 9.71. The third-order valence-corrected chi connectivity index (χ3v) is 4.30. The molecule has 1 aliphatic heterocycles. The topological polar surface area (TPSA) is 24.1 Å². The highest BCUT2D eigenvalue weighted by atomic mass is 15.0. The molecule has 2 N–H and O–H groups in total. The van der Waals surface area contributed by atoms with Gasteiger partial charge in [0, 0.05) is 12.1 Å². The quantitative estimate of drug-likeness (QED) is 0.705. The standard InChI is InChI=1S/C12H24N2/c1-13-12(8-5-9-14-10-12)11-6-3-2-4-7-11/h11,13-14H,2-10H2,1H3. The molecule has 2 heteroatoms. The van der Waals surface area contributed by atoms with Crippen molar-refractivity contribution in [3.05, 3.63) is 0 Å². The fourth-order valence-corrected chi connectivity index (χ4v) is 3.35. The number of piperidine rings is 1. The number of nitrogens with one attached hydrogen (secondary N) is 2. The van der Waals surface area contributed by atoms with Crippen molar-refractivity contribution in [1.29, 1.82) is 0 Å². The van der Waals surface area contributed by atoms with Crippen molar-refractivity contribution in [2.45, 2.75) is 50.5 Å². The monoisotopic (exact) mass is 196 g/mol. The minimum atomic E-state index is 0.429. The second-order valence-electron chi connectivity index (χ2n) is 5.02. The molecular weight excluding hydrogens is 172 g/mol. The van der Waals surface area contributed by atoms with Gasteiger partial charge in [-0.1, -0.05) is 19.3 Å². The molecule has 1 atom stereocenters. The summed E-state index contributed by atoms with van der Waals surface area (Å²) in [5.74, 6) is 0.925. The second kappa shape index (κ2) is 4.63. The van der Waals surface area contributed by atoms with E-state index >= 15 is 0 Å². The summed E-state index contributed by atoms with van der Waals surface area (Å²) in [5.41, 5.74) is 0.429. The Balaban J connectivity index is 2.01. The minimum absolute atomic E-state index is 0.429. The summed E-state index contributed by atoms with van der Waals surface area (Å²) in [6.45, 7) is 2.41. The molecule has 0 aromatic heterocycles. The van der Waals surface area contributed by atoms with Crippen LogP contribution < -0.4 is 10.6 Å². The average molecular weight is 196 g/mol. The van der Waals surface area contributed by atoms with E-state index in [-0.39, 0.29) is 0 Å². The van der Waals surface area contributed by atoms with Crippen LogP contribution in [-0.2, 0) is 0 Å². The van der Waals surface area contributed by atoms with E-state index in [4.69, 9.17) is 0 Å². The molecule has 0 radical (unpaired) electrons. The molecule has 2 nitrogen and oxygen atoms in total. The molecular formula is C12H24N2. The Hall–Kier alpha value is -0.0800. The van der Waals surface area contributed by atoms with E-state index < -0.39 is 0 Å². The fraction of sp³-hybridized carbons (Fsp3) is 1.00. The van der Waals surface area contributed by atoms with Gasteiger partial charge in [0.15, 0.2) is 0 Å². The first-order valence-corrected chi connectivity index (χ1v) is 6.27. The van der Waals surface area contributed by atoms with Crippen molar-refractivity contribution in [3.63, 3.8) is 0 Å². The zero-order valence-corrected chi connectivity index (χ0v) is 9.44. The molecule has 2 rings (SSSR count). The summed E-state index contributed by atoms with van der Waals surface area (Å²) >= 11 is 0. The zero-order valence-electron chi connectivity index (χ0n) is 9.44. The third-order valence-electron chi connectivity index (χ3n) is 4.30. The number of rotatable bonds is 2. The molecule has 0 spiro atoms. The molecule has 2 fully saturated rings. The molecule has 1 saturated heterocycles. The summed E-state index contributed by atoms with van der Waals surface area (Å²) < 4.78 is 0. The molecule has 0 amide bonds. The molecule has 0 aromatic rings. The van der Waals surface area contributed by atoms with Gasteiger partial charge in [-0.2, -0.15) is 0 Å². The van der Waals surface area contributed by atoms with Crippen LogP contribution in [0.4, 0.5) is 0 Å². The summed E-state index contributed by atoms with van der Waals surface area (Å²) in [7, 11) is 2.15. The first-order valence-electron chi connectivity index (χ1n) is 6.27. The normalized spacial score (nSPS) is 35.8. The van der Waals surface area contributed by atoms with Crippen LogP contribution in [0, 0.1) is 5.92 Å². The molecule has 0 aromatic carbocycles. The summed E-state index contributed by atoms with van der Waals surface area (Å²) in [6, 6.07) is 0. The predicted octanol–water partition coefficient (Wildman–Crippen LogP) is 1.91. The van der Waals surface area contributed by atoms with Crippen molar-refractivity contribution in [1.82, 2.24) is 10.6 Å². The second-order valence-corrected chi connectivity index (χ2v) is 5.02. The Morgan fingerprint density at radius 3 is 2.50 bits per heavy atom. The molecule has 0 bridgehead atoms. The first-order chi connectivity index (χ1) is 6.87. The lowest BCUT2D eigenvalue weighted by molar-refractivity contribution is 0.134. The highest BCUT2D eigenvalue weighted by Gasteiger charge is 2.38. The third kappa shape index (κ3) is 1.96. The van der Waals surface area contributed by atoms with Crippen molar-refractivity contribution in [2.75, 3.05) is 20.1 Å². The molecule has 1 saturated carbocycles. The molecule has 1 aliphatic carbocycles. The average Bonchev–Trinajstić information content (AvgIpc) is 2.31. The summed E-state index contributed by atoms with van der Waals surface area (Å²) in [5, 5.41) is 7.19. The van der Waals surface area contributed by atoms with E-state index in [2.05, 4.69) is 17.7 Å². The molecule has 82 valence electrons. The Labute approximate surface area is 87.8 Å². The van der Waals surface area contributed by atoms with E-state index in [1.54, 1.807) is 0 Å². The van der Waals surface area contributed by atoms with Crippen molar-refractivity contribution in [3.8, 4) is 0 Å². The van der Waals surface area contributed by atoms with Crippen molar-refractivity contribution >= 4 is 0 Å². The van der Waals surface area contributed by atoms with Crippen LogP contribution in [0.25, 0.3) is 0 Å². The van der Waals surface area contributed by atoms with Crippen LogP contribution >= 0.6 is 0 Å². The van der Waals surface area contributed by atoms with E-state index in [9.17, 15) is 0 Å². The molecule has 1 unspecified atom stereocenters. The van der Waals surface area contributed by atoms with Gasteiger partial charge < -0.3 is 10.6 Å². The molecule has 14 heavy (non-hydrogen) atoms. The molecule has 1 heterocycles. The molecule has 2 aliphatic rings. The van der Waals surface area contributed by atoms with Crippen LogP contribution in [-0.4, -0.2) is 25.7 Å². The minimum Gasteiger partial charge on any atom is -0.315 e. The van der Waals surface area contributed by atoms with Crippen LogP contribution in [0.1, 0.15) is 44.9 Å². The number of likely N-dealkylation sites (N-methyl/N-ethyl adjacent to an activating group) is 1. The smallest absolute Gasteiger partial charge is 0.0332 e. The lowest BCUT2D eigenvalue weighted by Gasteiger charge is -2.45. The lowest BCUT2D eigenvalue weighted by Crippen LogP contribution is -2.59. The van der Waals surface area contributed by atoms with Gasteiger partial charge in [-0.05, 0) is 45.2 Å². The van der Waals surface area contributed by atoms with Gasteiger partial charge in [0.1, 0.15) is 0 Å². The number of hydrogen-bond acceptors (Lipinski definition) is 2. The van der Waals surface area contributed by atoms with E-state index in [1.807, 2.05) is 0 Å². The van der Waals surface area contributed by atoms with E-state index in [0.29, 0.717) is 5.54 Å². The van der Waals surface area contributed by atoms with Gasteiger partial charge >= 0.3 is 0 Å². The van der Waals surface area contributed by atoms with Gasteiger partial charge in [0.2, 0.25) is 0 Å². The maximum Gasteiger partial charge on any atom is 0.0332 e. The SMILES string of the molecule is CNC1(C2CCCCC2)CCCNC1. The highest BCUT2D eigenvalue weighted by Crippen LogP contribution is 2.36. The Kier molecular flexibility index (Phi) is 3.45. The van der Waals surface area contributed by atoms with Gasteiger partial charge in [-0.25, -0.2) is 0 Å². The van der Waals surface area contributed by atoms with Gasteiger partial charge in [0.05, 0.1) is 0 Å². The van der Waals surface area contributed by atoms with Crippen LogP contribution in [0.15, 0.2) is 0 Å². The zero-order chi connectivity index (χ0) is 9.86. The maximum atomic E-state index is 3.62. The fourth-order valence-electron chi connectivity index (χ4n) is 3.35. The largest absolute Gasteiger partial charge is 0.315 e. The Bertz CT molecular complexity index is 167. The van der Waals surface area contributed by atoms with Gasteiger partial charge in [-0.3, -0.25) is 0 Å². The first kappa shape index (κ1) is 10.4. The summed E-state index contributed by atoms with van der Waals surface area (Å²) in [4.78, 5) is 0. The van der Waals surface area contributed by atoms with Crippen LogP contribution in [0.2, 0.25) is 0 Å². The Morgan fingerprint density at radius 2 is 1.93 bits per heavy atom. The maximum absolute atomic E-state index is 3.62. The predicted molar refractivity (Wildman–Crippen MR) is 60.5 cm³/mol. The van der Waals surface area contributed by atoms with E-state index in [1.165, 1.54) is 58.0 Å². The van der Waals surface area contributed by atoms with Gasteiger partial charge in [0.25, 0.3) is 0 Å². The van der Waals surface area contributed by atoms with Crippen molar-refractivity contribution < 1.29 is 0 Å². The van der Waals surface area contributed by atoms with Crippen LogP contribution in [0.5, 0.6) is 0 Å².